The molecule has 6 rings (SSSR count). The Hall–Kier alpha value is -3.83. The number of aryl methyl sites for hydroxylation is 1. The SMILES string of the molecule is C=C[C@@H]1C[C@]1(CC(=O)[C@@H]1C[C@]2(OC)CN1C(=O)[C@H](C(C)(C)C)CC(=O)OCCCCc1cc2ccc1-c1ccccc1)C(=O)NS(=O)(=O)C1CC1. The molecule has 5 atom stereocenters. The van der Waals surface area contributed by atoms with Crippen LogP contribution >= 0.6 is 0 Å². The number of esters is 1. The summed E-state index contributed by atoms with van der Waals surface area (Å²) in [5.74, 6) is -3.07. The van der Waals surface area contributed by atoms with E-state index in [4.69, 9.17) is 9.47 Å². The molecule has 11 heteroatoms. The van der Waals surface area contributed by atoms with Crippen molar-refractivity contribution in [1.29, 1.82) is 0 Å². The predicted molar refractivity (Wildman–Crippen MR) is 193 cm³/mol. The molecule has 3 fully saturated rings. The number of amides is 2. The number of sulfonamides is 1. The third-order valence-corrected chi connectivity index (χ3v) is 13.3. The van der Waals surface area contributed by atoms with Crippen LogP contribution in [0.5, 0.6) is 0 Å². The molecule has 0 unspecified atom stereocenters. The summed E-state index contributed by atoms with van der Waals surface area (Å²) < 4.78 is 39.7. The van der Waals surface area contributed by atoms with Crippen LogP contribution in [0.25, 0.3) is 11.1 Å². The number of methoxy groups -OCH3 is 1. The van der Waals surface area contributed by atoms with Crippen LogP contribution in [0.15, 0.2) is 61.2 Å². The van der Waals surface area contributed by atoms with E-state index in [1.807, 2.05) is 45.0 Å². The van der Waals surface area contributed by atoms with Crippen LogP contribution in [0.1, 0.15) is 83.3 Å². The normalized spacial score (nSPS) is 28.6. The fourth-order valence-corrected chi connectivity index (χ4v) is 9.34. The van der Waals surface area contributed by atoms with Crippen LogP contribution in [-0.2, 0) is 50.7 Å². The van der Waals surface area contributed by atoms with Crippen molar-refractivity contribution in [3.63, 3.8) is 0 Å². The number of rotatable bonds is 9. The standard InChI is InChI=1S/C40H50N2O8S/c1-6-28-22-39(28,37(46)41-51(47,48)30-16-17-30)24-34(43)33-23-40(49-5)25-42(33)36(45)32(38(2,3)4)21-35(44)50-19-11-10-14-27-20-29(40)15-18-31(27)26-12-8-7-9-13-26/h6-9,12-13,15,18,20,28,30,32-33H,1,10-11,14,16-17,19,21-25H2,2-5H3,(H,41,46)/t28-,32-,33+,39-,40+/m1/s1. The van der Waals surface area contributed by atoms with Gasteiger partial charge in [-0.3, -0.25) is 23.9 Å². The average molecular weight is 719 g/mol. The fraction of sp³-hybridized carbons (Fsp3) is 0.550. The van der Waals surface area contributed by atoms with Crippen molar-refractivity contribution in [2.24, 2.45) is 22.7 Å². The van der Waals surface area contributed by atoms with Crippen molar-refractivity contribution in [2.75, 3.05) is 20.3 Å². The molecule has 0 spiro atoms. The first-order chi connectivity index (χ1) is 24.1. The molecule has 2 aliphatic heterocycles. The maximum absolute atomic E-state index is 14.7. The molecule has 2 aliphatic carbocycles. The third-order valence-electron chi connectivity index (χ3n) is 11.5. The van der Waals surface area contributed by atoms with Gasteiger partial charge >= 0.3 is 5.97 Å². The number of benzene rings is 2. The molecule has 2 amide bonds. The molecule has 0 aromatic heterocycles. The van der Waals surface area contributed by atoms with Crippen molar-refractivity contribution in [3.8, 4) is 11.1 Å². The second-order valence-electron chi connectivity index (χ2n) is 15.9. The predicted octanol–water partition coefficient (Wildman–Crippen LogP) is 5.49. The number of ketones is 1. The molecule has 274 valence electrons. The first-order valence-electron chi connectivity index (χ1n) is 18.1. The minimum atomic E-state index is -3.84. The summed E-state index contributed by atoms with van der Waals surface area (Å²) in [4.78, 5) is 57.6. The van der Waals surface area contributed by atoms with Gasteiger partial charge in [0.1, 0.15) is 5.60 Å². The van der Waals surface area contributed by atoms with Crippen LogP contribution in [0.3, 0.4) is 0 Å². The Bertz CT molecular complexity index is 1810. The van der Waals surface area contributed by atoms with Crippen molar-refractivity contribution >= 4 is 33.6 Å². The summed E-state index contributed by atoms with van der Waals surface area (Å²) in [7, 11) is -2.26. The second-order valence-corrected chi connectivity index (χ2v) is 17.9. The third kappa shape index (κ3) is 7.42. The molecule has 1 N–H and O–H groups in total. The van der Waals surface area contributed by atoms with E-state index < -0.39 is 55.5 Å². The Morgan fingerprint density at radius 3 is 2.43 bits per heavy atom. The summed E-state index contributed by atoms with van der Waals surface area (Å²) in [6.45, 7) is 9.81. The Morgan fingerprint density at radius 2 is 1.80 bits per heavy atom. The number of fused-ring (bicyclic) bond motifs is 5. The molecule has 4 aliphatic rings. The Balaban J connectivity index is 1.40. The average Bonchev–Trinajstić information content (AvgIpc) is 4.02. The van der Waals surface area contributed by atoms with E-state index in [-0.39, 0.29) is 56.4 Å². The van der Waals surface area contributed by atoms with Crippen molar-refractivity contribution < 1.29 is 37.1 Å². The number of hydrogen-bond acceptors (Lipinski definition) is 8. The number of hydrogen-bond donors (Lipinski definition) is 1. The van der Waals surface area contributed by atoms with Gasteiger partial charge in [0.05, 0.1) is 42.2 Å². The number of nitrogens with one attached hydrogen (secondary N) is 1. The molecule has 4 bridgehead atoms. The van der Waals surface area contributed by atoms with E-state index in [1.165, 1.54) is 4.90 Å². The molecule has 2 aromatic rings. The van der Waals surface area contributed by atoms with Gasteiger partial charge in [0, 0.05) is 20.0 Å². The lowest BCUT2D eigenvalue weighted by Crippen LogP contribution is -2.49. The summed E-state index contributed by atoms with van der Waals surface area (Å²) in [6, 6.07) is 15.3. The van der Waals surface area contributed by atoms with Crippen LogP contribution in [0.4, 0.5) is 0 Å². The van der Waals surface area contributed by atoms with Crippen LogP contribution in [-0.4, -0.2) is 68.4 Å². The van der Waals surface area contributed by atoms with Gasteiger partial charge in [-0.05, 0) is 72.1 Å². The van der Waals surface area contributed by atoms with E-state index in [1.54, 1.807) is 13.2 Å². The molecule has 2 heterocycles. The van der Waals surface area contributed by atoms with Gasteiger partial charge in [-0.25, -0.2) is 8.42 Å². The monoisotopic (exact) mass is 718 g/mol. The summed E-state index contributed by atoms with van der Waals surface area (Å²) in [5.41, 5.74) is 1.06. The minimum absolute atomic E-state index is 0.0602. The van der Waals surface area contributed by atoms with Crippen molar-refractivity contribution in [1.82, 2.24) is 9.62 Å². The fourth-order valence-electron chi connectivity index (χ4n) is 7.95. The van der Waals surface area contributed by atoms with Gasteiger partial charge in [0.25, 0.3) is 0 Å². The minimum Gasteiger partial charge on any atom is -0.466 e. The highest BCUT2D eigenvalue weighted by Gasteiger charge is 2.62. The zero-order chi connectivity index (χ0) is 36.8. The first kappa shape index (κ1) is 36.9. The van der Waals surface area contributed by atoms with E-state index >= 15 is 0 Å². The number of Topliss-reactive ketones (excluding diaryl/α,β-unsaturated/α-hetero) is 1. The molecule has 0 radical (unpaired) electrons. The van der Waals surface area contributed by atoms with Crippen molar-refractivity contribution in [2.45, 2.75) is 95.5 Å². The van der Waals surface area contributed by atoms with Gasteiger partial charge < -0.3 is 14.4 Å². The Kier molecular flexibility index (Phi) is 10.1. The number of carbonyl (C=O) groups excluding carboxylic acids is 4. The van der Waals surface area contributed by atoms with Gasteiger partial charge in [0.15, 0.2) is 5.78 Å². The molecule has 1 saturated heterocycles. The number of ether oxygens (including phenoxy) is 2. The first-order valence-corrected chi connectivity index (χ1v) is 19.6. The van der Waals surface area contributed by atoms with Gasteiger partial charge in [-0.1, -0.05) is 75.4 Å². The van der Waals surface area contributed by atoms with Gasteiger partial charge in [-0.2, -0.15) is 0 Å². The highest BCUT2D eigenvalue weighted by Crippen LogP contribution is 2.57. The van der Waals surface area contributed by atoms with E-state index in [0.29, 0.717) is 19.3 Å². The summed E-state index contributed by atoms with van der Waals surface area (Å²) in [5, 5.41) is -0.597. The topological polar surface area (TPSA) is 136 Å². The molecule has 10 nitrogen and oxygen atoms in total. The van der Waals surface area contributed by atoms with Crippen LogP contribution < -0.4 is 4.72 Å². The highest BCUT2D eigenvalue weighted by molar-refractivity contribution is 7.90. The van der Waals surface area contributed by atoms with Crippen LogP contribution in [0.2, 0.25) is 0 Å². The Morgan fingerprint density at radius 1 is 1.08 bits per heavy atom. The maximum Gasteiger partial charge on any atom is 0.306 e. The number of carbonyl (C=O) groups is 4. The summed E-state index contributed by atoms with van der Waals surface area (Å²) >= 11 is 0. The quantitative estimate of drug-likeness (QED) is 0.266. The number of nitrogens with zero attached hydrogens (tertiary/aromatic N) is 1. The zero-order valence-electron chi connectivity index (χ0n) is 30.1. The number of cyclic esters (lactones) is 1. The van der Waals surface area contributed by atoms with E-state index in [0.717, 1.165) is 35.1 Å². The molecule has 2 aromatic carbocycles. The van der Waals surface area contributed by atoms with Crippen LogP contribution in [0, 0.1) is 22.7 Å². The lowest BCUT2D eigenvalue weighted by molar-refractivity contribution is -0.153. The highest BCUT2D eigenvalue weighted by atomic mass is 32.2. The molecule has 51 heavy (non-hydrogen) atoms. The molecular weight excluding hydrogens is 669 g/mol. The lowest BCUT2D eigenvalue weighted by Gasteiger charge is -2.35. The zero-order valence-corrected chi connectivity index (χ0v) is 30.9. The van der Waals surface area contributed by atoms with E-state index in [9.17, 15) is 27.6 Å². The molecular formula is C40H50N2O8S. The van der Waals surface area contributed by atoms with Gasteiger partial charge in [0.2, 0.25) is 21.8 Å². The molecule has 2 saturated carbocycles. The van der Waals surface area contributed by atoms with E-state index in [2.05, 4.69) is 35.6 Å². The Labute approximate surface area is 301 Å². The second kappa shape index (κ2) is 14.0. The number of allylic oxidation sites excluding steroid dienone is 1. The largest absolute Gasteiger partial charge is 0.466 e. The lowest BCUT2D eigenvalue weighted by atomic mass is 9.77. The van der Waals surface area contributed by atoms with Gasteiger partial charge in [-0.15, -0.1) is 6.58 Å². The maximum atomic E-state index is 14.7. The summed E-state index contributed by atoms with van der Waals surface area (Å²) in [6.07, 6.45) is 4.75. The van der Waals surface area contributed by atoms with Crippen molar-refractivity contribution in [3.05, 3.63) is 72.3 Å². The smallest absolute Gasteiger partial charge is 0.306 e.